The average molecular weight is 658 g/mol. The van der Waals surface area contributed by atoms with E-state index in [-0.39, 0.29) is 30.0 Å². The summed E-state index contributed by atoms with van der Waals surface area (Å²) < 4.78 is 1.83. The quantitative estimate of drug-likeness (QED) is 0.298. The summed E-state index contributed by atoms with van der Waals surface area (Å²) in [6.07, 6.45) is 10.0. The molecule has 1 unspecified atom stereocenters. The molecule has 5 saturated heterocycles. The van der Waals surface area contributed by atoms with Gasteiger partial charge < -0.3 is 25.4 Å². The van der Waals surface area contributed by atoms with E-state index in [1.54, 1.807) is 6.07 Å². The molecule has 3 aromatic rings. The van der Waals surface area contributed by atoms with Gasteiger partial charge in [-0.2, -0.15) is 0 Å². The van der Waals surface area contributed by atoms with Gasteiger partial charge >= 0.3 is 5.69 Å². The van der Waals surface area contributed by atoms with Gasteiger partial charge in [0.05, 0.1) is 27.7 Å². The molecule has 1 aromatic heterocycles. The van der Waals surface area contributed by atoms with Gasteiger partial charge in [0.25, 0.3) is 0 Å². The number of nitrogens with zero attached hydrogens (tertiary/aromatic N) is 5. The molecule has 0 spiro atoms. The van der Waals surface area contributed by atoms with Crippen molar-refractivity contribution in [1.82, 2.24) is 29.2 Å². The first-order chi connectivity index (χ1) is 22.8. The van der Waals surface area contributed by atoms with Crippen LogP contribution in [0.1, 0.15) is 49.3 Å². The van der Waals surface area contributed by atoms with Crippen molar-refractivity contribution in [1.29, 1.82) is 0 Å². The van der Waals surface area contributed by atoms with Crippen LogP contribution < -0.4 is 11.4 Å². The summed E-state index contributed by atoms with van der Waals surface area (Å²) in [6.45, 7) is 7.67. The summed E-state index contributed by atoms with van der Waals surface area (Å²) in [5.74, 6) is 2.76. The zero-order valence-corrected chi connectivity index (χ0v) is 27.6. The molecule has 5 fully saturated rings. The molecule has 10 nitrogen and oxygen atoms in total. The van der Waals surface area contributed by atoms with Gasteiger partial charge in [-0.3, -0.25) is 19.1 Å². The molecular weight excluding hydrogens is 614 g/mol. The summed E-state index contributed by atoms with van der Waals surface area (Å²) in [7, 11) is 0. The summed E-state index contributed by atoms with van der Waals surface area (Å²) in [5.41, 5.74) is 9.30. The van der Waals surface area contributed by atoms with Crippen molar-refractivity contribution in [2.75, 3.05) is 64.6 Å². The van der Waals surface area contributed by atoms with Crippen molar-refractivity contribution in [3.63, 3.8) is 0 Å². The number of hydrogen-bond donors (Lipinski definition) is 2. The minimum Gasteiger partial charge on any atom is -0.397 e. The lowest BCUT2D eigenvalue weighted by molar-refractivity contribution is -0.143. The lowest BCUT2D eigenvalue weighted by atomic mass is 9.83. The van der Waals surface area contributed by atoms with Crippen LogP contribution in [0.2, 0.25) is 5.02 Å². The Hall–Kier alpha value is -3.78. The van der Waals surface area contributed by atoms with Gasteiger partial charge in [0.2, 0.25) is 11.8 Å². The highest BCUT2D eigenvalue weighted by Crippen LogP contribution is 2.33. The van der Waals surface area contributed by atoms with E-state index in [0.717, 1.165) is 42.1 Å². The van der Waals surface area contributed by atoms with E-state index in [1.807, 2.05) is 44.7 Å². The number of piperazine rings is 1. The van der Waals surface area contributed by atoms with E-state index in [1.165, 1.54) is 25.9 Å². The van der Waals surface area contributed by atoms with Crippen molar-refractivity contribution in [3.05, 3.63) is 63.0 Å². The zero-order valence-electron chi connectivity index (χ0n) is 26.9. The SMILES string of the molecule is C#Cc1cc(C[C@@H](CC(=O)N2CCC(n3c(=O)[nH]c4ccccc43)CC2)C(=O)N2CCN(C3CN4CCC3CC4)CC2)cc(Cl)c1N. The molecule has 248 valence electrons. The number of carbonyl (C=O) groups excluding carboxylic acids is 2. The first-order valence-electron chi connectivity index (χ1n) is 17.1. The molecule has 6 heterocycles. The Kier molecular flexibility index (Phi) is 9.05. The summed E-state index contributed by atoms with van der Waals surface area (Å²) in [5, 5.41) is 0.355. The highest BCUT2D eigenvalue weighted by atomic mass is 35.5. The number of hydrogen-bond acceptors (Lipinski definition) is 6. The fourth-order valence-corrected chi connectivity index (χ4v) is 8.71. The van der Waals surface area contributed by atoms with Crippen LogP contribution in [0, 0.1) is 24.2 Å². The number of terminal acetylenes is 1. The maximum absolute atomic E-state index is 14.2. The third-order valence-corrected chi connectivity index (χ3v) is 11.4. The minimum absolute atomic E-state index is 0.00218. The number of nitrogens with two attached hydrogens (primary N) is 1. The number of amides is 2. The fourth-order valence-electron chi connectivity index (χ4n) is 8.47. The molecule has 2 aromatic carbocycles. The molecule has 2 atom stereocenters. The zero-order chi connectivity index (χ0) is 32.7. The monoisotopic (exact) mass is 657 g/mol. The van der Waals surface area contributed by atoms with Gasteiger partial charge in [-0.15, -0.1) is 6.42 Å². The molecule has 0 aliphatic carbocycles. The second-order valence-corrected chi connectivity index (χ2v) is 14.2. The van der Waals surface area contributed by atoms with Gasteiger partial charge in [-0.1, -0.05) is 29.7 Å². The first kappa shape index (κ1) is 31.8. The van der Waals surface area contributed by atoms with Crippen LogP contribution in [-0.2, 0) is 16.0 Å². The number of fused-ring (bicyclic) bond motifs is 4. The summed E-state index contributed by atoms with van der Waals surface area (Å²) in [6, 6.07) is 11.8. The third kappa shape index (κ3) is 6.41. The normalized spacial score (nSPS) is 24.4. The number of halogens is 1. The van der Waals surface area contributed by atoms with Crippen LogP contribution in [0.3, 0.4) is 0 Å². The van der Waals surface area contributed by atoms with E-state index in [9.17, 15) is 14.4 Å². The molecule has 5 aliphatic heterocycles. The molecular formula is C36H44ClN7O3. The van der Waals surface area contributed by atoms with Crippen LogP contribution in [0.4, 0.5) is 5.69 Å². The third-order valence-electron chi connectivity index (χ3n) is 11.1. The Morgan fingerprint density at radius 2 is 1.70 bits per heavy atom. The summed E-state index contributed by atoms with van der Waals surface area (Å²) >= 11 is 6.43. The largest absolute Gasteiger partial charge is 0.397 e. The molecule has 2 amide bonds. The van der Waals surface area contributed by atoms with E-state index in [0.29, 0.717) is 67.8 Å². The van der Waals surface area contributed by atoms with Crippen LogP contribution in [-0.4, -0.2) is 106 Å². The van der Waals surface area contributed by atoms with Gasteiger partial charge in [-0.05, 0) is 80.9 Å². The number of carbonyl (C=O) groups is 2. The standard InChI is InChI=1S/C36H44ClN7O3/c1-2-25-19-24(21-29(37)34(25)38)20-27(35(46)43-17-15-41(16-18-43)32-23-40-11-7-26(32)8-12-40)22-33(45)42-13-9-28(10-14-42)44-31-6-4-3-5-30(31)39-36(44)47/h1,3-6,19,21,26-28,32H,7-18,20,22-23,38H2,(H,39,47)/t27-,32?/m0/s1. The van der Waals surface area contributed by atoms with Crippen LogP contribution in [0.25, 0.3) is 11.0 Å². The van der Waals surface area contributed by atoms with Crippen molar-refractivity contribution in [2.24, 2.45) is 11.8 Å². The molecule has 47 heavy (non-hydrogen) atoms. The Morgan fingerprint density at radius 1 is 0.979 bits per heavy atom. The molecule has 0 radical (unpaired) electrons. The second-order valence-electron chi connectivity index (χ2n) is 13.8. The average Bonchev–Trinajstić information content (AvgIpc) is 3.45. The molecule has 11 heteroatoms. The van der Waals surface area contributed by atoms with Crippen molar-refractivity contribution >= 4 is 40.1 Å². The predicted octanol–water partition coefficient (Wildman–Crippen LogP) is 3.20. The highest BCUT2D eigenvalue weighted by Gasteiger charge is 2.39. The first-order valence-corrected chi connectivity index (χ1v) is 17.4. The van der Waals surface area contributed by atoms with Crippen molar-refractivity contribution in [2.45, 2.75) is 50.6 Å². The lowest BCUT2D eigenvalue weighted by Crippen LogP contribution is -2.61. The number of aromatic amines is 1. The predicted molar refractivity (Wildman–Crippen MR) is 184 cm³/mol. The van der Waals surface area contributed by atoms with Gasteiger partial charge in [-0.25, -0.2) is 4.79 Å². The number of nitrogens with one attached hydrogen (secondary N) is 1. The number of H-pyrrole nitrogens is 1. The number of anilines is 1. The summed E-state index contributed by atoms with van der Waals surface area (Å²) in [4.78, 5) is 52.7. The molecule has 2 bridgehead atoms. The molecule has 3 N–H and O–H groups in total. The lowest BCUT2D eigenvalue weighted by Gasteiger charge is -2.51. The Bertz CT molecular complexity index is 1740. The second kappa shape index (κ2) is 13.4. The molecule has 8 rings (SSSR count). The number of nitrogen functional groups attached to an aromatic ring is 1. The minimum atomic E-state index is -0.551. The number of imidazole rings is 1. The van der Waals surface area contributed by atoms with E-state index in [4.69, 9.17) is 23.8 Å². The van der Waals surface area contributed by atoms with Gasteiger partial charge in [0, 0.05) is 69.9 Å². The van der Waals surface area contributed by atoms with Crippen molar-refractivity contribution in [3.8, 4) is 12.3 Å². The number of likely N-dealkylation sites (tertiary alicyclic amines) is 1. The van der Waals surface area contributed by atoms with Crippen LogP contribution >= 0.6 is 11.6 Å². The topological polar surface area (TPSA) is 111 Å². The van der Waals surface area contributed by atoms with Gasteiger partial charge in [0.15, 0.2) is 0 Å². The van der Waals surface area contributed by atoms with E-state index >= 15 is 0 Å². The Balaban J connectivity index is 1.03. The Labute approximate surface area is 280 Å². The number of rotatable bonds is 7. The number of benzene rings is 2. The molecule has 5 aliphatic rings. The van der Waals surface area contributed by atoms with Gasteiger partial charge in [0.1, 0.15) is 0 Å². The van der Waals surface area contributed by atoms with E-state index < -0.39 is 5.92 Å². The van der Waals surface area contributed by atoms with Crippen molar-refractivity contribution < 1.29 is 9.59 Å². The molecule has 0 saturated carbocycles. The van der Waals surface area contributed by atoms with E-state index in [2.05, 4.69) is 20.7 Å². The van der Waals surface area contributed by atoms with Crippen LogP contribution in [0.5, 0.6) is 0 Å². The Morgan fingerprint density at radius 3 is 2.38 bits per heavy atom. The number of piperidine rings is 4. The maximum Gasteiger partial charge on any atom is 0.326 e. The number of para-hydroxylation sites is 2. The fraction of sp³-hybridized carbons (Fsp3) is 0.528. The number of aromatic nitrogens is 2. The highest BCUT2D eigenvalue weighted by molar-refractivity contribution is 6.33. The smallest absolute Gasteiger partial charge is 0.326 e. The van der Waals surface area contributed by atoms with Crippen LogP contribution in [0.15, 0.2) is 41.2 Å². The maximum atomic E-state index is 14.2.